The first-order valence-corrected chi connectivity index (χ1v) is 6.73. The van der Waals surface area contributed by atoms with Gasteiger partial charge in [-0.2, -0.15) is 0 Å². The zero-order valence-corrected chi connectivity index (χ0v) is 11.3. The van der Waals surface area contributed by atoms with E-state index < -0.39 is 5.54 Å². The van der Waals surface area contributed by atoms with Crippen LogP contribution in [0.1, 0.15) is 32.6 Å². The molecule has 2 rings (SSSR count). The molecule has 0 saturated carbocycles. The quantitative estimate of drug-likeness (QED) is 0.882. The van der Waals surface area contributed by atoms with Gasteiger partial charge in [-0.15, -0.1) is 0 Å². The van der Waals surface area contributed by atoms with Gasteiger partial charge in [0, 0.05) is 6.20 Å². The average Bonchev–Trinajstić information content (AvgIpc) is 2.82. The normalized spacial score (nSPS) is 23.0. The largest absolute Gasteiger partial charge is 0.308 e. The molecule has 0 aliphatic carbocycles. The van der Waals surface area contributed by atoms with Crippen molar-refractivity contribution < 1.29 is 4.79 Å². The highest BCUT2D eigenvalue weighted by atomic mass is 35.5. The number of amides is 1. The first-order valence-electron chi connectivity index (χ1n) is 6.35. The van der Waals surface area contributed by atoms with Crippen molar-refractivity contribution >= 4 is 23.3 Å². The Morgan fingerprint density at radius 2 is 2.50 bits per heavy atom. The number of carbonyl (C=O) groups excluding carboxylic acids is 1. The second-order valence-corrected chi connectivity index (χ2v) is 5.06. The summed E-state index contributed by atoms with van der Waals surface area (Å²) < 4.78 is 0. The summed E-state index contributed by atoms with van der Waals surface area (Å²) >= 11 is 6.00. The Labute approximate surface area is 112 Å². The number of nitrogens with one attached hydrogen (secondary N) is 2. The molecular formula is C13H18ClN3O. The molecule has 1 aliphatic heterocycles. The number of halogens is 1. The monoisotopic (exact) mass is 267 g/mol. The second-order valence-electron chi connectivity index (χ2n) is 4.65. The Morgan fingerprint density at radius 1 is 1.67 bits per heavy atom. The molecule has 1 aromatic rings. The van der Waals surface area contributed by atoms with Crippen molar-refractivity contribution in [2.75, 3.05) is 11.9 Å². The summed E-state index contributed by atoms with van der Waals surface area (Å²) in [6.45, 7) is 2.98. The maximum atomic E-state index is 12.4. The van der Waals surface area contributed by atoms with E-state index in [0.717, 1.165) is 32.2 Å². The second kappa shape index (κ2) is 5.67. The van der Waals surface area contributed by atoms with Crippen molar-refractivity contribution in [3.8, 4) is 0 Å². The van der Waals surface area contributed by atoms with Crippen LogP contribution in [0.15, 0.2) is 18.3 Å². The van der Waals surface area contributed by atoms with Crippen LogP contribution in [0.5, 0.6) is 0 Å². The van der Waals surface area contributed by atoms with Crippen LogP contribution in [-0.2, 0) is 4.79 Å². The van der Waals surface area contributed by atoms with Crippen LogP contribution in [0.3, 0.4) is 0 Å². The lowest BCUT2D eigenvalue weighted by Crippen LogP contribution is -2.50. The fourth-order valence-corrected chi connectivity index (χ4v) is 2.63. The van der Waals surface area contributed by atoms with Gasteiger partial charge in [0.15, 0.2) is 5.82 Å². The predicted molar refractivity (Wildman–Crippen MR) is 72.8 cm³/mol. The van der Waals surface area contributed by atoms with Gasteiger partial charge in [-0.1, -0.05) is 24.9 Å². The molecule has 2 N–H and O–H groups in total. The summed E-state index contributed by atoms with van der Waals surface area (Å²) in [6, 6.07) is 3.46. The van der Waals surface area contributed by atoms with Gasteiger partial charge in [0.1, 0.15) is 0 Å². The van der Waals surface area contributed by atoms with Crippen LogP contribution in [0.25, 0.3) is 0 Å². The van der Waals surface area contributed by atoms with Gasteiger partial charge in [0.2, 0.25) is 5.91 Å². The highest BCUT2D eigenvalue weighted by Crippen LogP contribution is 2.27. The Bertz CT molecular complexity index is 430. The number of anilines is 1. The summed E-state index contributed by atoms with van der Waals surface area (Å²) in [5.41, 5.74) is -0.449. The van der Waals surface area contributed by atoms with Gasteiger partial charge in [0.05, 0.1) is 10.6 Å². The van der Waals surface area contributed by atoms with Crippen LogP contribution in [0.4, 0.5) is 5.82 Å². The van der Waals surface area contributed by atoms with Gasteiger partial charge in [-0.25, -0.2) is 4.98 Å². The number of hydrogen-bond donors (Lipinski definition) is 2. The third-order valence-electron chi connectivity index (χ3n) is 3.35. The molecule has 1 aliphatic rings. The smallest absolute Gasteiger partial charge is 0.245 e. The molecule has 4 nitrogen and oxygen atoms in total. The lowest BCUT2D eigenvalue weighted by Gasteiger charge is -2.27. The third-order valence-corrected chi connectivity index (χ3v) is 3.65. The first kappa shape index (κ1) is 13.3. The van der Waals surface area contributed by atoms with E-state index in [2.05, 4.69) is 22.5 Å². The molecule has 0 aromatic carbocycles. The van der Waals surface area contributed by atoms with Crippen molar-refractivity contribution in [2.45, 2.75) is 38.1 Å². The highest BCUT2D eigenvalue weighted by Gasteiger charge is 2.40. The minimum atomic E-state index is -0.449. The van der Waals surface area contributed by atoms with E-state index in [-0.39, 0.29) is 5.91 Å². The van der Waals surface area contributed by atoms with E-state index >= 15 is 0 Å². The molecule has 0 radical (unpaired) electrons. The van der Waals surface area contributed by atoms with Crippen molar-refractivity contribution in [2.24, 2.45) is 0 Å². The lowest BCUT2D eigenvalue weighted by molar-refractivity contribution is -0.122. The molecule has 18 heavy (non-hydrogen) atoms. The van der Waals surface area contributed by atoms with Crippen molar-refractivity contribution in [1.82, 2.24) is 10.3 Å². The summed E-state index contributed by atoms with van der Waals surface area (Å²) in [5.74, 6) is 0.413. The molecule has 1 fully saturated rings. The number of hydrogen-bond acceptors (Lipinski definition) is 3. The van der Waals surface area contributed by atoms with Gasteiger partial charge in [0.25, 0.3) is 0 Å². The maximum Gasteiger partial charge on any atom is 0.245 e. The van der Waals surface area contributed by atoms with E-state index in [1.54, 1.807) is 18.3 Å². The number of pyridine rings is 1. The van der Waals surface area contributed by atoms with Crippen molar-refractivity contribution in [3.05, 3.63) is 23.4 Å². The van der Waals surface area contributed by atoms with E-state index in [9.17, 15) is 4.79 Å². The van der Waals surface area contributed by atoms with Crippen LogP contribution in [0.2, 0.25) is 5.02 Å². The van der Waals surface area contributed by atoms with Crippen molar-refractivity contribution in [1.29, 1.82) is 0 Å². The Kier molecular flexibility index (Phi) is 4.19. The molecule has 1 amide bonds. The van der Waals surface area contributed by atoms with Gasteiger partial charge in [-0.3, -0.25) is 4.79 Å². The molecule has 1 saturated heterocycles. The minimum absolute atomic E-state index is 0.0255. The first-order chi connectivity index (χ1) is 8.68. The standard InChI is InChI=1S/C13H18ClN3O/c1-2-6-13(7-4-9-16-13)12(18)17-11-10(14)5-3-8-15-11/h3,5,8,16H,2,4,6-7,9H2,1H3,(H,15,17,18). The van der Waals surface area contributed by atoms with E-state index in [4.69, 9.17) is 11.6 Å². The van der Waals surface area contributed by atoms with E-state index in [0.29, 0.717) is 10.8 Å². The van der Waals surface area contributed by atoms with Gasteiger partial charge < -0.3 is 10.6 Å². The molecule has 98 valence electrons. The molecule has 1 aromatic heterocycles. The lowest BCUT2D eigenvalue weighted by atomic mass is 9.91. The average molecular weight is 268 g/mol. The maximum absolute atomic E-state index is 12.4. The zero-order valence-electron chi connectivity index (χ0n) is 10.5. The van der Waals surface area contributed by atoms with Crippen LogP contribution < -0.4 is 10.6 Å². The summed E-state index contributed by atoms with van der Waals surface area (Å²) in [4.78, 5) is 16.5. The zero-order chi connectivity index (χ0) is 13.0. The Morgan fingerprint density at radius 3 is 3.11 bits per heavy atom. The van der Waals surface area contributed by atoms with E-state index in [1.165, 1.54) is 0 Å². The number of nitrogens with zero attached hydrogens (tertiary/aromatic N) is 1. The molecular weight excluding hydrogens is 250 g/mol. The van der Waals surface area contributed by atoms with E-state index in [1.807, 2.05) is 0 Å². The van der Waals surface area contributed by atoms with Crippen LogP contribution in [0, 0.1) is 0 Å². The molecule has 0 bridgehead atoms. The molecule has 2 heterocycles. The highest BCUT2D eigenvalue weighted by molar-refractivity contribution is 6.33. The summed E-state index contributed by atoms with van der Waals surface area (Å²) in [7, 11) is 0. The number of carbonyl (C=O) groups is 1. The minimum Gasteiger partial charge on any atom is -0.308 e. The van der Waals surface area contributed by atoms with Crippen LogP contribution in [-0.4, -0.2) is 23.0 Å². The molecule has 1 atom stereocenters. The summed E-state index contributed by atoms with van der Waals surface area (Å²) in [6.07, 6.45) is 5.33. The number of aromatic nitrogens is 1. The third kappa shape index (κ3) is 2.65. The fraction of sp³-hybridized carbons (Fsp3) is 0.538. The molecule has 0 spiro atoms. The predicted octanol–water partition coefficient (Wildman–Crippen LogP) is 2.60. The Hall–Kier alpha value is -1.13. The van der Waals surface area contributed by atoms with Crippen LogP contribution >= 0.6 is 11.6 Å². The SMILES string of the molecule is CCCC1(C(=O)Nc2ncccc2Cl)CCCN1. The van der Waals surface area contributed by atoms with Gasteiger partial charge >= 0.3 is 0 Å². The fourth-order valence-electron chi connectivity index (χ4n) is 2.46. The van der Waals surface area contributed by atoms with Gasteiger partial charge in [-0.05, 0) is 37.9 Å². The number of rotatable bonds is 4. The molecule has 5 heteroatoms. The summed E-state index contributed by atoms with van der Waals surface area (Å²) in [5, 5.41) is 6.63. The topological polar surface area (TPSA) is 54.0 Å². The van der Waals surface area contributed by atoms with Crippen molar-refractivity contribution in [3.63, 3.8) is 0 Å². The Balaban J connectivity index is 2.13. The molecule has 1 unspecified atom stereocenters.